The molecule has 1 N–H and O–H groups in total. The number of nitrogens with one attached hydrogen (secondary N) is 1. The van der Waals surface area contributed by atoms with Gasteiger partial charge >= 0.3 is 0 Å². The lowest BCUT2D eigenvalue weighted by Crippen LogP contribution is -2.23. The van der Waals surface area contributed by atoms with Crippen LogP contribution in [0.3, 0.4) is 0 Å². The second-order valence-electron chi connectivity index (χ2n) is 1.62. The van der Waals surface area contributed by atoms with Crippen LogP contribution in [0.2, 0.25) is 0 Å². The molecule has 0 aliphatic carbocycles. The third kappa shape index (κ3) is 3.69. The maximum Gasteiger partial charge on any atom is 0.227 e. The molecule has 0 aliphatic rings. The number of Topliss-reactive ketones (excluding diaryl/α,β-unsaturated/α-hetero) is 1. The summed E-state index contributed by atoms with van der Waals surface area (Å²) in [5.74, 6) is -0.862. The highest BCUT2D eigenvalue weighted by Crippen LogP contribution is 2.04. The quantitative estimate of drug-likeness (QED) is 0.512. The summed E-state index contributed by atoms with van der Waals surface area (Å²) in [6, 6.07) is 0. The molecule has 0 unspecified atom stereocenters. The summed E-state index contributed by atoms with van der Waals surface area (Å²) in [6.45, 7) is 0. The van der Waals surface area contributed by atoms with E-state index in [1.807, 2.05) is 0 Å². The largest absolute Gasteiger partial charge is 0.359 e. The van der Waals surface area contributed by atoms with Gasteiger partial charge in [-0.1, -0.05) is 23.2 Å². The number of hydrogen-bond donors (Lipinski definition) is 1. The molecule has 1 amide bonds. The first-order valence-corrected chi connectivity index (χ1v) is 3.46. The average molecular weight is 184 g/mol. The molecule has 3 nitrogen and oxygen atoms in total. The first-order valence-electron chi connectivity index (χ1n) is 2.59. The van der Waals surface area contributed by atoms with Crippen molar-refractivity contribution in [2.24, 2.45) is 0 Å². The standard InChI is InChI=1S/C5H7Cl2NO2/c1-8-4(10)2-3(9)5(6)7/h5H,2H2,1H3,(H,8,10). The van der Waals surface area contributed by atoms with Crippen LogP contribution in [-0.4, -0.2) is 23.6 Å². The summed E-state index contributed by atoms with van der Waals surface area (Å²) in [4.78, 5) is 20.0. The van der Waals surface area contributed by atoms with Gasteiger partial charge in [0.25, 0.3) is 0 Å². The van der Waals surface area contributed by atoms with Crippen LogP contribution in [0.25, 0.3) is 0 Å². The van der Waals surface area contributed by atoms with Gasteiger partial charge in [0.05, 0.1) is 6.42 Å². The van der Waals surface area contributed by atoms with Crippen LogP contribution in [0.1, 0.15) is 6.42 Å². The number of carbonyl (C=O) groups is 2. The number of rotatable bonds is 3. The Bertz CT molecular complexity index is 147. The first-order chi connectivity index (χ1) is 4.57. The van der Waals surface area contributed by atoms with E-state index >= 15 is 0 Å². The maximum absolute atomic E-state index is 10.6. The summed E-state index contributed by atoms with van der Waals surface area (Å²) in [7, 11) is 1.44. The number of halogens is 2. The van der Waals surface area contributed by atoms with Crippen molar-refractivity contribution in [1.29, 1.82) is 0 Å². The molecule has 0 heterocycles. The second-order valence-corrected chi connectivity index (χ2v) is 2.71. The molecule has 0 aromatic carbocycles. The molecule has 10 heavy (non-hydrogen) atoms. The lowest BCUT2D eigenvalue weighted by Gasteiger charge is -1.98. The number of alkyl halides is 2. The van der Waals surface area contributed by atoms with E-state index < -0.39 is 10.6 Å². The topological polar surface area (TPSA) is 46.2 Å². The summed E-state index contributed by atoms with van der Waals surface area (Å²) in [5.41, 5.74) is 0. The maximum atomic E-state index is 10.6. The third-order valence-electron chi connectivity index (χ3n) is 0.857. The highest BCUT2D eigenvalue weighted by atomic mass is 35.5. The minimum atomic E-state index is -1.10. The fraction of sp³-hybridized carbons (Fsp3) is 0.600. The molecule has 0 atom stereocenters. The number of hydrogen-bond acceptors (Lipinski definition) is 2. The fourth-order valence-corrected chi connectivity index (χ4v) is 0.478. The normalized spacial score (nSPS) is 9.60. The van der Waals surface area contributed by atoms with Crippen LogP contribution in [-0.2, 0) is 9.59 Å². The van der Waals surface area contributed by atoms with E-state index in [1.54, 1.807) is 0 Å². The van der Waals surface area contributed by atoms with E-state index in [4.69, 9.17) is 23.2 Å². The van der Waals surface area contributed by atoms with Crippen LogP contribution in [0, 0.1) is 0 Å². The van der Waals surface area contributed by atoms with Crippen molar-refractivity contribution in [2.75, 3.05) is 7.05 Å². The van der Waals surface area contributed by atoms with Crippen molar-refractivity contribution in [3.63, 3.8) is 0 Å². The minimum Gasteiger partial charge on any atom is -0.359 e. The van der Waals surface area contributed by atoms with Crippen molar-refractivity contribution >= 4 is 34.9 Å². The van der Waals surface area contributed by atoms with Crippen LogP contribution in [0.5, 0.6) is 0 Å². The number of carbonyl (C=O) groups excluding carboxylic acids is 2. The molecule has 0 saturated heterocycles. The average Bonchev–Trinajstić information content (AvgIpc) is 1.87. The second kappa shape index (κ2) is 4.52. The van der Waals surface area contributed by atoms with Gasteiger partial charge in [0.1, 0.15) is 0 Å². The monoisotopic (exact) mass is 183 g/mol. The van der Waals surface area contributed by atoms with Crippen molar-refractivity contribution in [1.82, 2.24) is 5.32 Å². The van der Waals surface area contributed by atoms with Gasteiger partial charge in [0.15, 0.2) is 10.6 Å². The Kier molecular flexibility index (Phi) is 4.40. The zero-order chi connectivity index (χ0) is 8.15. The van der Waals surface area contributed by atoms with E-state index in [0.717, 1.165) is 0 Å². The molecule has 0 fully saturated rings. The van der Waals surface area contributed by atoms with E-state index in [1.165, 1.54) is 7.05 Å². The van der Waals surface area contributed by atoms with Gasteiger partial charge in [-0.15, -0.1) is 0 Å². The molecule has 0 aromatic heterocycles. The van der Waals surface area contributed by atoms with E-state index in [-0.39, 0.29) is 12.3 Å². The van der Waals surface area contributed by atoms with E-state index in [0.29, 0.717) is 0 Å². The highest BCUT2D eigenvalue weighted by Gasteiger charge is 2.14. The van der Waals surface area contributed by atoms with Crippen LogP contribution in [0.4, 0.5) is 0 Å². The lowest BCUT2D eigenvalue weighted by molar-refractivity contribution is -0.127. The van der Waals surface area contributed by atoms with E-state index in [9.17, 15) is 9.59 Å². The third-order valence-corrected chi connectivity index (χ3v) is 1.34. The van der Waals surface area contributed by atoms with Gasteiger partial charge in [0.2, 0.25) is 5.91 Å². The van der Waals surface area contributed by atoms with Crippen LogP contribution >= 0.6 is 23.2 Å². The molecule has 0 aromatic rings. The Balaban J connectivity index is 3.69. The van der Waals surface area contributed by atoms with Gasteiger partial charge in [-0.2, -0.15) is 0 Å². The smallest absolute Gasteiger partial charge is 0.227 e. The minimum absolute atomic E-state index is 0.256. The van der Waals surface area contributed by atoms with Crippen LogP contribution < -0.4 is 5.32 Å². The first kappa shape index (κ1) is 9.72. The molecule has 0 rings (SSSR count). The summed E-state index contributed by atoms with van der Waals surface area (Å²) in [6.07, 6.45) is -0.256. The summed E-state index contributed by atoms with van der Waals surface area (Å²) in [5, 5.41) is 2.27. The van der Waals surface area contributed by atoms with Gasteiger partial charge in [-0.25, -0.2) is 0 Å². The van der Waals surface area contributed by atoms with Crippen molar-refractivity contribution in [3.05, 3.63) is 0 Å². The van der Waals surface area contributed by atoms with Crippen molar-refractivity contribution in [3.8, 4) is 0 Å². The molecule has 0 spiro atoms. The zero-order valence-corrected chi connectivity index (χ0v) is 6.87. The van der Waals surface area contributed by atoms with E-state index in [2.05, 4.69) is 5.32 Å². The fourth-order valence-electron chi connectivity index (χ4n) is 0.324. The molecule has 0 aliphatic heterocycles. The molecular weight excluding hydrogens is 177 g/mol. The van der Waals surface area contributed by atoms with Gasteiger partial charge < -0.3 is 5.32 Å². The molecule has 0 radical (unpaired) electrons. The van der Waals surface area contributed by atoms with Crippen molar-refractivity contribution in [2.45, 2.75) is 11.3 Å². The van der Waals surface area contributed by atoms with Crippen molar-refractivity contribution < 1.29 is 9.59 Å². The predicted octanol–water partition coefficient (Wildman–Crippen LogP) is 0.495. The molecule has 5 heteroatoms. The lowest BCUT2D eigenvalue weighted by atomic mass is 10.3. The number of ketones is 1. The SMILES string of the molecule is CNC(=O)CC(=O)C(Cl)Cl. The Morgan fingerprint density at radius 1 is 1.50 bits per heavy atom. The Morgan fingerprint density at radius 3 is 2.30 bits per heavy atom. The Hall–Kier alpha value is -0.280. The predicted molar refractivity (Wildman–Crippen MR) is 39.2 cm³/mol. The molecule has 58 valence electrons. The summed E-state index contributed by atoms with van der Waals surface area (Å²) < 4.78 is 0. The number of amides is 1. The van der Waals surface area contributed by atoms with Gasteiger partial charge in [0, 0.05) is 7.05 Å². The van der Waals surface area contributed by atoms with Gasteiger partial charge in [-0.05, 0) is 0 Å². The Labute approximate surface area is 68.7 Å². The molecule has 0 bridgehead atoms. The van der Waals surface area contributed by atoms with Gasteiger partial charge in [-0.3, -0.25) is 9.59 Å². The van der Waals surface area contributed by atoms with Crippen LogP contribution in [0.15, 0.2) is 0 Å². The molecule has 0 saturated carbocycles. The zero-order valence-electron chi connectivity index (χ0n) is 5.36. The molecular formula is C5H7Cl2NO2. The Morgan fingerprint density at radius 2 is 2.00 bits per heavy atom. The highest BCUT2D eigenvalue weighted by molar-refractivity contribution is 6.54. The summed E-state index contributed by atoms with van der Waals surface area (Å²) >= 11 is 10.3.